The summed E-state index contributed by atoms with van der Waals surface area (Å²) < 4.78 is 19.2. The number of unbranched alkanes of at least 4 members (excludes halogenated alkanes) is 4. The van der Waals surface area contributed by atoms with Crippen LogP contribution in [0.25, 0.3) is 0 Å². The average molecular weight is 278 g/mol. The van der Waals surface area contributed by atoms with E-state index in [1.54, 1.807) is 12.1 Å². The second kappa shape index (κ2) is 10.4. The summed E-state index contributed by atoms with van der Waals surface area (Å²) in [4.78, 5) is 0. The van der Waals surface area contributed by atoms with Gasteiger partial charge < -0.3 is 9.84 Å². The van der Waals surface area contributed by atoms with Gasteiger partial charge in [0.15, 0.2) is 0 Å². The van der Waals surface area contributed by atoms with Crippen LogP contribution in [0.4, 0.5) is 4.39 Å². The van der Waals surface area contributed by atoms with Crippen molar-refractivity contribution in [2.75, 3.05) is 13.2 Å². The van der Waals surface area contributed by atoms with Gasteiger partial charge in [0.1, 0.15) is 12.4 Å². The highest BCUT2D eigenvalue weighted by atomic mass is 19.1. The zero-order valence-electron chi connectivity index (χ0n) is 12.1. The first kappa shape index (κ1) is 16.7. The second-order valence-electron chi connectivity index (χ2n) is 4.73. The minimum atomic E-state index is -0.305. The van der Waals surface area contributed by atoms with Crippen LogP contribution in [0.5, 0.6) is 0 Å². The van der Waals surface area contributed by atoms with E-state index in [1.807, 2.05) is 0 Å². The van der Waals surface area contributed by atoms with Crippen molar-refractivity contribution in [3.8, 4) is 11.8 Å². The predicted molar refractivity (Wildman–Crippen MR) is 78.8 cm³/mol. The summed E-state index contributed by atoms with van der Waals surface area (Å²) in [5.41, 5.74) is 1.12. The molecule has 0 atom stereocenters. The molecule has 1 rings (SSSR count). The molecule has 0 saturated heterocycles. The number of halogens is 1. The van der Waals surface area contributed by atoms with Crippen molar-refractivity contribution in [2.45, 2.75) is 45.6 Å². The smallest absolute Gasteiger partial charge is 0.129 e. The van der Waals surface area contributed by atoms with E-state index in [4.69, 9.17) is 9.84 Å². The Balaban J connectivity index is 2.30. The Morgan fingerprint density at radius 1 is 1.20 bits per heavy atom. The Hall–Kier alpha value is -1.37. The molecule has 0 heterocycles. The van der Waals surface area contributed by atoms with Crippen LogP contribution in [0.3, 0.4) is 0 Å². The molecule has 0 aliphatic rings. The molecule has 1 N–H and O–H groups in total. The first-order valence-electron chi connectivity index (χ1n) is 7.23. The topological polar surface area (TPSA) is 29.5 Å². The fraction of sp³-hybridized carbons (Fsp3) is 0.529. The minimum Gasteiger partial charge on any atom is -0.384 e. The molecule has 20 heavy (non-hydrogen) atoms. The van der Waals surface area contributed by atoms with Crippen molar-refractivity contribution in [3.63, 3.8) is 0 Å². The van der Waals surface area contributed by atoms with E-state index in [2.05, 4.69) is 18.8 Å². The lowest BCUT2D eigenvalue weighted by Gasteiger charge is -2.06. The molecule has 0 aliphatic heterocycles. The van der Waals surface area contributed by atoms with E-state index < -0.39 is 0 Å². The third kappa shape index (κ3) is 6.70. The van der Waals surface area contributed by atoms with Crippen molar-refractivity contribution in [3.05, 3.63) is 35.1 Å². The van der Waals surface area contributed by atoms with E-state index in [1.165, 1.54) is 31.7 Å². The van der Waals surface area contributed by atoms with Gasteiger partial charge in [0.05, 0.1) is 6.61 Å². The van der Waals surface area contributed by atoms with Gasteiger partial charge in [0, 0.05) is 17.7 Å². The summed E-state index contributed by atoms with van der Waals surface area (Å²) in [5.74, 6) is 4.87. The van der Waals surface area contributed by atoms with E-state index in [9.17, 15) is 4.39 Å². The van der Waals surface area contributed by atoms with Gasteiger partial charge in [-0.15, -0.1) is 0 Å². The largest absolute Gasteiger partial charge is 0.384 e. The molecule has 0 spiro atoms. The highest BCUT2D eigenvalue weighted by molar-refractivity contribution is 5.36. The second-order valence-corrected chi connectivity index (χ2v) is 4.73. The maximum atomic E-state index is 13.7. The fourth-order valence-electron chi connectivity index (χ4n) is 1.87. The number of ether oxygens (including phenoxy) is 1. The molecule has 0 amide bonds. The van der Waals surface area contributed by atoms with Gasteiger partial charge in [0.2, 0.25) is 0 Å². The molecule has 0 aliphatic carbocycles. The van der Waals surface area contributed by atoms with Crippen LogP contribution in [0.2, 0.25) is 0 Å². The van der Waals surface area contributed by atoms with E-state index in [0.717, 1.165) is 6.42 Å². The fourth-order valence-corrected chi connectivity index (χ4v) is 1.87. The molecule has 110 valence electrons. The first-order valence-corrected chi connectivity index (χ1v) is 7.23. The monoisotopic (exact) mass is 278 g/mol. The van der Waals surface area contributed by atoms with Crippen LogP contribution in [-0.4, -0.2) is 18.3 Å². The standard InChI is InChI=1S/C17H23FO2/c1-2-3-4-5-6-12-20-14-16-10-9-15(8-7-11-19)13-17(16)18/h9-10,13,19H,2-6,11-12,14H2,1H3. The summed E-state index contributed by atoms with van der Waals surface area (Å²) in [6, 6.07) is 4.81. The molecule has 2 nitrogen and oxygen atoms in total. The number of aliphatic hydroxyl groups is 1. The molecule has 1 aromatic carbocycles. The number of benzene rings is 1. The Kier molecular flexibility index (Phi) is 8.69. The van der Waals surface area contributed by atoms with Crippen LogP contribution < -0.4 is 0 Å². The molecule has 0 unspecified atom stereocenters. The van der Waals surface area contributed by atoms with Crippen LogP contribution in [-0.2, 0) is 11.3 Å². The third-order valence-electron chi connectivity index (χ3n) is 3.01. The van der Waals surface area contributed by atoms with E-state index in [0.29, 0.717) is 24.3 Å². The van der Waals surface area contributed by atoms with Crippen molar-refractivity contribution in [2.24, 2.45) is 0 Å². The number of hydrogen-bond acceptors (Lipinski definition) is 2. The Morgan fingerprint density at radius 2 is 2.00 bits per heavy atom. The van der Waals surface area contributed by atoms with E-state index >= 15 is 0 Å². The molecule has 0 bridgehead atoms. The van der Waals surface area contributed by atoms with Crippen molar-refractivity contribution in [1.29, 1.82) is 0 Å². The molecular formula is C17H23FO2. The lowest BCUT2D eigenvalue weighted by molar-refractivity contribution is 0.114. The number of rotatable bonds is 8. The molecule has 0 radical (unpaired) electrons. The van der Waals surface area contributed by atoms with Crippen LogP contribution >= 0.6 is 0 Å². The SMILES string of the molecule is CCCCCCCOCc1ccc(C#CCO)cc1F. The highest BCUT2D eigenvalue weighted by Crippen LogP contribution is 2.11. The maximum Gasteiger partial charge on any atom is 0.129 e. The lowest BCUT2D eigenvalue weighted by atomic mass is 10.1. The summed E-state index contributed by atoms with van der Waals surface area (Å²) in [7, 11) is 0. The lowest BCUT2D eigenvalue weighted by Crippen LogP contribution is -1.98. The van der Waals surface area contributed by atoms with Crippen LogP contribution in [0.15, 0.2) is 18.2 Å². The van der Waals surface area contributed by atoms with Gasteiger partial charge >= 0.3 is 0 Å². The van der Waals surface area contributed by atoms with Gasteiger partial charge in [-0.1, -0.05) is 50.5 Å². The molecule has 0 saturated carbocycles. The van der Waals surface area contributed by atoms with Crippen molar-refractivity contribution >= 4 is 0 Å². The van der Waals surface area contributed by atoms with Crippen molar-refractivity contribution in [1.82, 2.24) is 0 Å². The molecule has 3 heteroatoms. The maximum absolute atomic E-state index is 13.7. The van der Waals surface area contributed by atoms with Gasteiger partial charge in [-0.25, -0.2) is 4.39 Å². The quantitative estimate of drug-likeness (QED) is 0.581. The zero-order valence-corrected chi connectivity index (χ0v) is 12.1. The van der Waals surface area contributed by atoms with Gasteiger partial charge in [-0.05, 0) is 18.6 Å². The van der Waals surface area contributed by atoms with Gasteiger partial charge in [0.25, 0.3) is 0 Å². The summed E-state index contributed by atoms with van der Waals surface area (Å²) in [5, 5.41) is 8.58. The predicted octanol–water partition coefficient (Wildman–Crippen LogP) is 3.66. The van der Waals surface area contributed by atoms with Crippen molar-refractivity contribution < 1.29 is 14.2 Å². The molecular weight excluding hydrogens is 255 g/mol. The number of hydrogen-bond donors (Lipinski definition) is 1. The van der Waals surface area contributed by atoms with Gasteiger partial charge in [-0.3, -0.25) is 0 Å². The zero-order chi connectivity index (χ0) is 14.6. The first-order chi connectivity index (χ1) is 9.77. The Morgan fingerprint density at radius 3 is 2.70 bits per heavy atom. The average Bonchev–Trinajstić information content (AvgIpc) is 2.46. The molecule has 0 fully saturated rings. The number of aliphatic hydroxyl groups excluding tert-OH is 1. The third-order valence-corrected chi connectivity index (χ3v) is 3.01. The summed E-state index contributed by atoms with van der Waals surface area (Å²) in [6.07, 6.45) is 5.95. The Bertz CT molecular complexity index is 446. The summed E-state index contributed by atoms with van der Waals surface area (Å²) >= 11 is 0. The Labute approximate surface area is 121 Å². The summed E-state index contributed by atoms with van der Waals surface area (Å²) in [6.45, 7) is 2.95. The molecule has 0 aromatic heterocycles. The minimum absolute atomic E-state index is 0.218. The van der Waals surface area contributed by atoms with Crippen LogP contribution in [0, 0.1) is 17.7 Å². The molecule has 1 aromatic rings. The normalized spacial score (nSPS) is 10.2. The van der Waals surface area contributed by atoms with Crippen LogP contribution in [0.1, 0.15) is 50.2 Å². The van der Waals surface area contributed by atoms with Gasteiger partial charge in [-0.2, -0.15) is 0 Å². The highest BCUT2D eigenvalue weighted by Gasteiger charge is 2.02. The van der Waals surface area contributed by atoms with E-state index in [-0.39, 0.29) is 12.4 Å².